The van der Waals surface area contributed by atoms with Crippen LogP contribution in [0.1, 0.15) is 44.0 Å². The molecular formula is C22H30N3O4+. The van der Waals surface area contributed by atoms with E-state index in [4.69, 9.17) is 9.47 Å². The van der Waals surface area contributed by atoms with Crippen LogP contribution in [0.5, 0.6) is 11.5 Å². The number of carbonyl (C=O) groups excluding carboxylic acids is 2. The Kier molecular flexibility index (Phi) is 8.48. The van der Waals surface area contributed by atoms with E-state index in [0.717, 1.165) is 11.1 Å². The van der Waals surface area contributed by atoms with Crippen molar-refractivity contribution in [2.45, 2.75) is 32.9 Å². The van der Waals surface area contributed by atoms with Gasteiger partial charge >= 0.3 is 6.03 Å². The maximum absolute atomic E-state index is 12.7. The van der Waals surface area contributed by atoms with Crippen LogP contribution in [0.15, 0.2) is 48.5 Å². The van der Waals surface area contributed by atoms with Crippen molar-refractivity contribution < 1.29 is 24.4 Å². The number of nitrogens with one attached hydrogen (secondary N) is 2. The van der Waals surface area contributed by atoms with Crippen LogP contribution in [0.4, 0.5) is 4.79 Å². The molecule has 0 aliphatic rings. The molecule has 4 N–H and O–H groups in total. The molecule has 0 aliphatic heterocycles. The Bertz CT molecular complexity index is 811. The fraction of sp³-hybridized carbons (Fsp3) is 0.364. The van der Waals surface area contributed by atoms with E-state index in [9.17, 15) is 9.59 Å². The number of ether oxygens (including phenoxy) is 2. The normalized spacial score (nSPS) is 12.6. The minimum absolute atomic E-state index is 0.0643. The zero-order valence-electron chi connectivity index (χ0n) is 17.4. The van der Waals surface area contributed by atoms with E-state index >= 15 is 0 Å². The first-order valence-corrected chi connectivity index (χ1v) is 9.82. The second-order valence-electron chi connectivity index (χ2n) is 6.51. The van der Waals surface area contributed by atoms with Crippen molar-refractivity contribution in [3.63, 3.8) is 0 Å². The van der Waals surface area contributed by atoms with Crippen LogP contribution in [0.2, 0.25) is 0 Å². The molecule has 0 unspecified atom stereocenters. The number of rotatable bonds is 9. The molecule has 0 fully saturated rings. The maximum atomic E-state index is 12.7. The van der Waals surface area contributed by atoms with Crippen LogP contribution < -0.4 is 25.4 Å². The summed E-state index contributed by atoms with van der Waals surface area (Å²) in [5.74, 6) is 0.999. The van der Waals surface area contributed by atoms with Crippen LogP contribution in [0, 0.1) is 0 Å². The van der Waals surface area contributed by atoms with Gasteiger partial charge in [0.2, 0.25) is 0 Å². The smallest absolute Gasteiger partial charge is 0.321 e. The summed E-state index contributed by atoms with van der Waals surface area (Å²) in [6.07, 6.45) is 0. The molecule has 0 radical (unpaired) electrons. The third kappa shape index (κ3) is 6.22. The minimum atomic E-state index is -0.578. The van der Waals surface area contributed by atoms with Crippen LogP contribution >= 0.6 is 0 Å². The highest BCUT2D eigenvalue weighted by molar-refractivity contribution is 5.96. The van der Waals surface area contributed by atoms with Gasteiger partial charge in [-0.1, -0.05) is 30.3 Å². The predicted molar refractivity (Wildman–Crippen MR) is 111 cm³/mol. The van der Waals surface area contributed by atoms with Crippen LogP contribution in [-0.4, -0.2) is 32.2 Å². The first-order valence-electron chi connectivity index (χ1n) is 9.82. The molecule has 0 heterocycles. The Morgan fingerprint density at radius 2 is 1.62 bits per heavy atom. The van der Waals surface area contributed by atoms with Gasteiger partial charge in [-0.25, -0.2) is 4.79 Å². The highest BCUT2D eigenvalue weighted by Gasteiger charge is 2.28. The standard InChI is InChI=1S/C22H29N3O4/c1-5-28-18-13-12-17(14-19(18)29-6-2)15(3)24-20(16-10-8-7-9-11-16)21(26)25-22(27)23-4/h7-15,20,24H,5-6H2,1-4H3,(H2,23,25,26,27)/p+1/t15-,20+/m0/s1. The lowest BCUT2D eigenvalue weighted by molar-refractivity contribution is -0.719. The van der Waals surface area contributed by atoms with Crippen molar-refractivity contribution in [1.29, 1.82) is 0 Å². The van der Waals surface area contributed by atoms with Gasteiger partial charge in [-0.2, -0.15) is 0 Å². The Labute approximate surface area is 171 Å². The Morgan fingerprint density at radius 1 is 0.966 bits per heavy atom. The lowest BCUT2D eigenvalue weighted by atomic mass is 10.0. The van der Waals surface area contributed by atoms with Gasteiger partial charge in [-0.05, 0) is 39.0 Å². The molecule has 29 heavy (non-hydrogen) atoms. The summed E-state index contributed by atoms with van der Waals surface area (Å²) in [5.41, 5.74) is 1.81. The number of urea groups is 1. The van der Waals surface area contributed by atoms with E-state index in [0.29, 0.717) is 24.7 Å². The minimum Gasteiger partial charge on any atom is -0.490 e. The number of imide groups is 1. The van der Waals surface area contributed by atoms with Gasteiger partial charge in [0.15, 0.2) is 17.5 Å². The van der Waals surface area contributed by atoms with Gasteiger partial charge in [-0.15, -0.1) is 0 Å². The second kappa shape index (κ2) is 11.1. The highest BCUT2D eigenvalue weighted by atomic mass is 16.5. The zero-order chi connectivity index (χ0) is 21.2. The van der Waals surface area contributed by atoms with Gasteiger partial charge in [0.05, 0.1) is 13.2 Å². The number of nitrogens with two attached hydrogens (primary N) is 1. The maximum Gasteiger partial charge on any atom is 0.321 e. The summed E-state index contributed by atoms with van der Waals surface area (Å²) in [4.78, 5) is 24.4. The van der Waals surface area contributed by atoms with Crippen molar-refractivity contribution in [3.8, 4) is 11.5 Å². The Hall–Kier alpha value is -3.06. The summed E-state index contributed by atoms with van der Waals surface area (Å²) in [5, 5.41) is 6.72. The molecule has 7 nitrogen and oxygen atoms in total. The summed E-state index contributed by atoms with van der Waals surface area (Å²) >= 11 is 0. The van der Waals surface area contributed by atoms with Crippen LogP contribution in [0.25, 0.3) is 0 Å². The van der Waals surface area contributed by atoms with Crippen molar-refractivity contribution in [2.75, 3.05) is 20.3 Å². The third-order valence-electron chi connectivity index (χ3n) is 4.48. The molecule has 0 aromatic heterocycles. The van der Waals surface area contributed by atoms with Crippen molar-refractivity contribution in [2.24, 2.45) is 0 Å². The number of quaternary nitrogens is 1. The van der Waals surface area contributed by atoms with Crippen molar-refractivity contribution in [3.05, 3.63) is 59.7 Å². The molecule has 2 atom stereocenters. The Balaban J connectivity index is 2.27. The van der Waals surface area contributed by atoms with Crippen molar-refractivity contribution >= 4 is 11.9 Å². The third-order valence-corrected chi connectivity index (χ3v) is 4.48. The van der Waals surface area contributed by atoms with E-state index < -0.39 is 12.1 Å². The first-order chi connectivity index (χ1) is 14.0. The molecule has 0 saturated carbocycles. The van der Waals surface area contributed by atoms with Gasteiger partial charge < -0.3 is 20.1 Å². The molecule has 2 aromatic rings. The number of hydrogen-bond donors (Lipinski definition) is 3. The summed E-state index contributed by atoms with van der Waals surface area (Å²) in [6.45, 7) is 6.94. The molecular weight excluding hydrogens is 370 g/mol. The summed E-state index contributed by atoms with van der Waals surface area (Å²) in [7, 11) is 1.47. The fourth-order valence-electron chi connectivity index (χ4n) is 3.01. The lowest BCUT2D eigenvalue weighted by Crippen LogP contribution is -2.88. The second-order valence-corrected chi connectivity index (χ2v) is 6.51. The molecule has 7 heteroatoms. The van der Waals surface area contributed by atoms with Crippen LogP contribution in [-0.2, 0) is 4.79 Å². The number of amides is 3. The average molecular weight is 400 g/mol. The number of hydrogen-bond acceptors (Lipinski definition) is 4. The number of carbonyl (C=O) groups is 2. The highest BCUT2D eigenvalue weighted by Crippen LogP contribution is 2.30. The topological polar surface area (TPSA) is 93.3 Å². The van der Waals surface area contributed by atoms with Gasteiger partial charge in [0, 0.05) is 18.2 Å². The van der Waals surface area contributed by atoms with E-state index in [1.807, 2.05) is 74.6 Å². The number of benzene rings is 2. The largest absolute Gasteiger partial charge is 0.490 e. The molecule has 0 saturated heterocycles. The zero-order valence-corrected chi connectivity index (χ0v) is 17.4. The van der Waals surface area contributed by atoms with Gasteiger partial charge in [0.25, 0.3) is 5.91 Å². The molecule has 0 bridgehead atoms. The first kappa shape index (κ1) is 22.2. The Morgan fingerprint density at radius 3 is 2.24 bits per heavy atom. The molecule has 0 aliphatic carbocycles. The fourth-order valence-corrected chi connectivity index (χ4v) is 3.01. The monoisotopic (exact) mass is 400 g/mol. The SMILES string of the molecule is CCOc1ccc([C@H](C)[NH2+][C@@H](C(=O)NC(=O)NC)c2ccccc2)cc1OCC. The quantitative estimate of drug-likeness (QED) is 0.602. The van der Waals surface area contributed by atoms with Gasteiger partial charge in [-0.3, -0.25) is 10.1 Å². The van der Waals surface area contributed by atoms with E-state index in [-0.39, 0.29) is 11.9 Å². The summed E-state index contributed by atoms with van der Waals surface area (Å²) < 4.78 is 11.3. The molecule has 2 rings (SSSR count). The molecule has 3 amide bonds. The van der Waals surface area contributed by atoms with Crippen molar-refractivity contribution in [1.82, 2.24) is 10.6 Å². The van der Waals surface area contributed by atoms with E-state index in [1.165, 1.54) is 7.05 Å². The van der Waals surface area contributed by atoms with Crippen LogP contribution in [0.3, 0.4) is 0 Å². The molecule has 0 spiro atoms. The average Bonchev–Trinajstić information content (AvgIpc) is 2.73. The molecule has 156 valence electrons. The predicted octanol–water partition coefficient (Wildman–Crippen LogP) is 2.31. The summed E-state index contributed by atoms with van der Waals surface area (Å²) in [6, 6.07) is 14.0. The van der Waals surface area contributed by atoms with E-state index in [2.05, 4.69) is 10.6 Å². The van der Waals surface area contributed by atoms with Gasteiger partial charge in [0.1, 0.15) is 6.04 Å². The van der Waals surface area contributed by atoms with E-state index in [1.54, 1.807) is 0 Å². The lowest BCUT2D eigenvalue weighted by Gasteiger charge is -2.21. The molecule has 2 aromatic carbocycles.